The number of para-hydroxylation sites is 1. The van der Waals surface area contributed by atoms with Crippen molar-refractivity contribution in [1.82, 2.24) is 5.32 Å². The van der Waals surface area contributed by atoms with E-state index in [9.17, 15) is 14.4 Å². The molecule has 1 N–H and O–H groups in total. The van der Waals surface area contributed by atoms with Crippen LogP contribution in [0.15, 0.2) is 61.2 Å². The van der Waals surface area contributed by atoms with Gasteiger partial charge < -0.3 is 15.0 Å². The molecule has 0 spiro atoms. The first-order valence-corrected chi connectivity index (χ1v) is 9.00. The summed E-state index contributed by atoms with van der Waals surface area (Å²) in [6, 6.07) is 14.0. The van der Waals surface area contributed by atoms with Gasteiger partial charge in [-0.1, -0.05) is 35.9 Å². The fraction of sp³-hybridized carbons (Fsp3) is 0.227. The van der Waals surface area contributed by atoms with Gasteiger partial charge in [-0.05, 0) is 38.1 Å². The second kappa shape index (κ2) is 10.1. The predicted molar refractivity (Wildman–Crippen MR) is 108 cm³/mol. The number of aryl methyl sites for hydroxylation is 1. The van der Waals surface area contributed by atoms with Gasteiger partial charge in [0.2, 0.25) is 0 Å². The lowest BCUT2D eigenvalue weighted by atomic mass is 10.1. The molecule has 0 unspecified atom stereocenters. The summed E-state index contributed by atoms with van der Waals surface area (Å²) in [5, 5.41) is 2.53. The summed E-state index contributed by atoms with van der Waals surface area (Å²) in [5.74, 6) is -1.23. The number of esters is 1. The number of hydrogen-bond acceptors (Lipinski definition) is 4. The summed E-state index contributed by atoms with van der Waals surface area (Å²) in [4.78, 5) is 38.7. The Morgan fingerprint density at radius 2 is 1.89 bits per heavy atom. The lowest BCUT2D eigenvalue weighted by Crippen LogP contribution is -2.35. The zero-order chi connectivity index (χ0) is 20.5. The fourth-order valence-corrected chi connectivity index (χ4v) is 2.71. The molecular weight excluding hydrogens is 356 g/mol. The summed E-state index contributed by atoms with van der Waals surface area (Å²) >= 11 is 0. The monoisotopic (exact) mass is 380 g/mol. The molecule has 0 heterocycles. The Morgan fingerprint density at radius 3 is 2.57 bits per heavy atom. The normalized spacial score (nSPS) is 10.1. The Morgan fingerprint density at radius 1 is 1.14 bits per heavy atom. The average Bonchev–Trinajstić information content (AvgIpc) is 2.70. The van der Waals surface area contributed by atoms with Crippen LogP contribution in [0.1, 0.15) is 33.2 Å². The summed E-state index contributed by atoms with van der Waals surface area (Å²) < 4.78 is 4.82. The zero-order valence-electron chi connectivity index (χ0n) is 16.1. The van der Waals surface area contributed by atoms with Crippen LogP contribution in [0.5, 0.6) is 0 Å². The number of carbonyl (C=O) groups excluding carboxylic acids is 3. The first kappa shape index (κ1) is 20.9. The van der Waals surface area contributed by atoms with E-state index in [4.69, 9.17) is 4.74 Å². The van der Waals surface area contributed by atoms with Crippen molar-refractivity contribution < 1.29 is 19.1 Å². The Hall–Kier alpha value is -3.41. The maximum atomic E-state index is 13.1. The number of nitrogens with zero attached hydrogens (tertiary/aromatic N) is 1. The van der Waals surface area contributed by atoms with Crippen molar-refractivity contribution in [3.05, 3.63) is 77.9 Å². The number of anilines is 1. The highest BCUT2D eigenvalue weighted by Crippen LogP contribution is 2.23. The highest BCUT2D eigenvalue weighted by molar-refractivity contribution is 6.10. The van der Waals surface area contributed by atoms with Gasteiger partial charge in [-0.3, -0.25) is 14.4 Å². The van der Waals surface area contributed by atoms with Gasteiger partial charge in [-0.15, -0.1) is 6.58 Å². The second-order valence-corrected chi connectivity index (χ2v) is 6.08. The van der Waals surface area contributed by atoms with Crippen LogP contribution >= 0.6 is 0 Å². The van der Waals surface area contributed by atoms with E-state index in [2.05, 4.69) is 11.9 Å². The number of ether oxygens (including phenoxy) is 1. The largest absolute Gasteiger partial charge is 0.465 e. The van der Waals surface area contributed by atoms with E-state index in [0.29, 0.717) is 11.3 Å². The van der Waals surface area contributed by atoms with Crippen molar-refractivity contribution in [2.24, 2.45) is 0 Å². The molecule has 0 aromatic heterocycles. The van der Waals surface area contributed by atoms with E-state index in [0.717, 1.165) is 5.56 Å². The Bertz CT molecular complexity index is 876. The molecule has 6 heteroatoms. The lowest BCUT2D eigenvalue weighted by Gasteiger charge is -2.24. The van der Waals surface area contributed by atoms with Crippen molar-refractivity contribution >= 4 is 23.5 Å². The van der Waals surface area contributed by atoms with Crippen molar-refractivity contribution in [3.8, 4) is 0 Å². The lowest BCUT2D eigenvalue weighted by molar-refractivity contribution is -0.141. The number of carbonyl (C=O) groups is 3. The van der Waals surface area contributed by atoms with E-state index in [-0.39, 0.29) is 31.2 Å². The highest BCUT2D eigenvalue weighted by Gasteiger charge is 2.22. The minimum atomic E-state index is -0.521. The molecule has 0 radical (unpaired) electrons. The van der Waals surface area contributed by atoms with Crippen molar-refractivity contribution in [2.75, 3.05) is 24.6 Å². The molecule has 2 aromatic carbocycles. The van der Waals surface area contributed by atoms with E-state index >= 15 is 0 Å². The van der Waals surface area contributed by atoms with Gasteiger partial charge in [-0.2, -0.15) is 0 Å². The Kier molecular flexibility index (Phi) is 7.51. The first-order chi connectivity index (χ1) is 13.5. The molecule has 0 saturated heterocycles. The summed E-state index contributed by atoms with van der Waals surface area (Å²) in [5.41, 5.74) is 2.21. The molecule has 2 rings (SSSR count). The number of hydrogen-bond donors (Lipinski definition) is 1. The molecule has 0 atom stereocenters. The van der Waals surface area contributed by atoms with Crippen molar-refractivity contribution in [1.29, 1.82) is 0 Å². The average molecular weight is 380 g/mol. The molecule has 0 saturated carbocycles. The summed E-state index contributed by atoms with van der Waals surface area (Å²) in [6.45, 7) is 7.55. The topological polar surface area (TPSA) is 75.7 Å². The molecule has 0 bridgehead atoms. The summed E-state index contributed by atoms with van der Waals surface area (Å²) in [7, 11) is 0. The quantitative estimate of drug-likeness (QED) is 0.564. The highest BCUT2D eigenvalue weighted by atomic mass is 16.5. The van der Waals surface area contributed by atoms with Gasteiger partial charge in [-0.25, -0.2) is 0 Å². The molecule has 0 aliphatic rings. The molecule has 146 valence electrons. The van der Waals surface area contributed by atoms with Crippen LogP contribution in [0.4, 0.5) is 5.69 Å². The van der Waals surface area contributed by atoms with E-state index in [1.165, 1.54) is 4.90 Å². The smallest absolute Gasteiger partial charge is 0.325 e. The molecule has 0 fully saturated rings. The van der Waals surface area contributed by atoms with Crippen LogP contribution in [0.2, 0.25) is 0 Å². The van der Waals surface area contributed by atoms with Gasteiger partial charge in [0.15, 0.2) is 0 Å². The number of benzene rings is 2. The van der Waals surface area contributed by atoms with Crippen LogP contribution < -0.4 is 10.2 Å². The minimum absolute atomic E-state index is 0.231. The number of nitrogens with one attached hydrogen (secondary N) is 1. The Balaban J connectivity index is 2.32. The van der Waals surface area contributed by atoms with Gasteiger partial charge in [0.25, 0.3) is 11.8 Å². The molecule has 0 aliphatic heterocycles. The third kappa shape index (κ3) is 5.30. The van der Waals surface area contributed by atoms with Gasteiger partial charge >= 0.3 is 5.97 Å². The molecule has 0 aliphatic carbocycles. The van der Waals surface area contributed by atoms with Gasteiger partial charge in [0.05, 0.1) is 17.9 Å². The number of amides is 2. The third-order valence-electron chi connectivity index (χ3n) is 3.96. The SMILES string of the molecule is C=CCN(C(=O)c1cccc(C)c1)c1ccccc1C(=O)NCC(=O)OCC. The van der Waals surface area contributed by atoms with Gasteiger partial charge in [0, 0.05) is 12.1 Å². The van der Waals surface area contributed by atoms with Crippen molar-refractivity contribution in [3.63, 3.8) is 0 Å². The van der Waals surface area contributed by atoms with Crippen LogP contribution in [0.3, 0.4) is 0 Å². The standard InChI is InChI=1S/C22H24N2O4/c1-4-13-24(22(27)17-10-8-9-16(3)14-17)19-12-7-6-11-18(19)21(26)23-15-20(25)28-5-2/h4,6-12,14H,1,5,13,15H2,2-3H3,(H,23,26). The summed E-state index contributed by atoms with van der Waals surface area (Å²) in [6.07, 6.45) is 1.60. The van der Waals surface area contributed by atoms with Crippen LogP contribution in [0.25, 0.3) is 0 Å². The third-order valence-corrected chi connectivity index (χ3v) is 3.96. The van der Waals surface area contributed by atoms with E-state index in [1.54, 1.807) is 49.4 Å². The first-order valence-electron chi connectivity index (χ1n) is 9.00. The van der Waals surface area contributed by atoms with Crippen LogP contribution in [-0.2, 0) is 9.53 Å². The number of rotatable bonds is 8. The maximum absolute atomic E-state index is 13.1. The predicted octanol–water partition coefficient (Wildman–Crippen LogP) is 3.12. The maximum Gasteiger partial charge on any atom is 0.325 e. The molecular formula is C22H24N2O4. The van der Waals surface area contributed by atoms with Gasteiger partial charge in [0.1, 0.15) is 6.54 Å². The molecule has 6 nitrogen and oxygen atoms in total. The molecule has 28 heavy (non-hydrogen) atoms. The van der Waals surface area contributed by atoms with Crippen LogP contribution in [-0.4, -0.2) is 37.5 Å². The Labute approximate surface area is 164 Å². The molecule has 2 aromatic rings. The fourth-order valence-electron chi connectivity index (χ4n) is 2.71. The van der Waals surface area contributed by atoms with E-state index in [1.807, 2.05) is 19.1 Å². The zero-order valence-corrected chi connectivity index (χ0v) is 16.1. The minimum Gasteiger partial charge on any atom is -0.465 e. The molecule has 2 amide bonds. The van der Waals surface area contributed by atoms with Crippen molar-refractivity contribution in [2.45, 2.75) is 13.8 Å². The second-order valence-electron chi connectivity index (χ2n) is 6.08. The van der Waals surface area contributed by atoms with Crippen LogP contribution in [0, 0.1) is 6.92 Å². The van der Waals surface area contributed by atoms with E-state index < -0.39 is 11.9 Å².